The molecule has 4 rings (SSSR count). The Balaban J connectivity index is 2.04. The zero-order valence-electron chi connectivity index (χ0n) is 13.3. The molecule has 10 heteroatoms. The van der Waals surface area contributed by atoms with Crippen LogP contribution in [0.5, 0.6) is 0 Å². The van der Waals surface area contributed by atoms with Gasteiger partial charge in [0.15, 0.2) is 19.8 Å². The van der Waals surface area contributed by atoms with E-state index in [0.29, 0.717) is 22.9 Å². The summed E-state index contributed by atoms with van der Waals surface area (Å²) in [5.41, 5.74) is 0. The van der Waals surface area contributed by atoms with E-state index in [2.05, 4.69) is 22.2 Å². The molecule has 0 aliphatic carbocycles. The van der Waals surface area contributed by atoms with Gasteiger partial charge in [0, 0.05) is 13.1 Å². The van der Waals surface area contributed by atoms with Crippen LogP contribution in [-0.4, -0.2) is 21.5 Å². The van der Waals surface area contributed by atoms with Crippen molar-refractivity contribution in [2.75, 3.05) is 13.1 Å². The molecule has 2 aliphatic rings. The molecule has 0 saturated carbocycles. The Kier molecular flexibility index (Phi) is 4.29. The number of benzene rings is 2. The van der Waals surface area contributed by atoms with Gasteiger partial charge < -0.3 is 0 Å². The van der Waals surface area contributed by atoms with Crippen molar-refractivity contribution in [3.8, 4) is 0 Å². The molecule has 1 fully saturated rings. The van der Waals surface area contributed by atoms with Crippen LogP contribution in [0.4, 0.5) is 0 Å². The van der Waals surface area contributed by atoms with Gasteiger partial charge in [0.05, 0.1) is 9.79 Å². The van der Waals surface area contributed by atoms with E-state index in [1.54, 1.807) is 48.5 Å². The average molecular weight is 395 g/mol. The molecule has 2 aliphatic heterocycles. The van der Waals surface area contributed by atoms with E-state index >= 15 is 0 Å². The molecule has 2 aromatic carbocycles. The maximum Gasteiger partial charge on any atom is 0.231 e. The lowest BCUT2D eigenvalue weighted by Crippen LogP contribution is -2.32. The number of hydrogen-bond donors (Lipinski definition) is 2. The predicted octanol–water partition coefficient (Wildman–Crippen LogP) is 3.41. The minimum Gasteiger partial charge on any atom is -0.252 e. The van der Waals surface area contributed by atoms with Crippen molar-refractivity contribution in [1.29, 1.82) is 0 Å². The van der Waals surface area contributed by atoms with Crippen LogP contribution in [0.15, 0.2) is 82.5 Å². The van der Waals surface area contributed by atoms with Crippen LogP contribution in [-0.2, 0) is 19.8 Å². The molecule has 2 N–H and O–H groups in total. The fourth-order valence-electron chi connectivity index (χ4n) is 2.61. The number of nitrogens with one attached hydrogen (secondary N) is 2. The van der Waals surface area contributed by atoms with Crippen LogP contribution in [0.25, 0.3) is 0 Å². The molecule has 2 heterocycles. The van der Waals surface area contributed by atoms with Crippen molar-refractivity contribution in [1.82, 2.24) is 10.2 Å². The standard InChI is InChI=1S/C15H18N5O2PS2/c21-24(14-8-3-1-4-9-14)18-23(16-12-7-13-17-23)19-25(22,20-24)15-10-5-2-6-11-15/h1-6,8-11,16-17H,7,12-13H2/t24-,25-/m0/s1. The van der Waals surface area contributed by atoms with E-state index < -0.39 is 27.3 Å². The van der Waals surface area contributed by atoms with Crippen molar-refractivity contribution < 1.29 is 8.42 Å². The highest BCUT2D eigenvalue weighted by molar-refractivity contribution is 8.08. The first-order valence-corrected chi connectivity index (χ1v) is 12.5. The average Bonchev–Trinajstić information content (AvgIpc) is 2.63. The largest absolute Gasteiger partial charge is 0.252 e. The normalized spacial score (nSPS) is 30.7. The quantitative estimate of drug-likeness (QED) is 0.762. The summed E-state index contributed by atoms with van der Waals surface area (Å²) in [4.78, 5) is 0.893. The molecule has 1 spiro atoms. The summed E-state index contributed by atoms with van der Waals surface area (Å²) >= 11 is 0. The molecule has 2 aromatic rings. The third-order valence-corrected chi connectivity index (χ3v) is 12.2. The second-order valence-electron chi connectivity index (χ2n) is 5.63. The zero-order valence-corrected chi connectivity index (χ0v) is 15.8. The smallest absolute Gasteiger partial charge is 0.231 e. The maximum absolute atomic E-state index is 13.6. The summed E-state index contributed by atoms with van der Waals surface area (Å²) in [6.07, 6.45) is 0.906. The lowest BCUT2D eigenvalue weighted by molar-refractivity contribution is 0.669. The van der Waals surface area contributed by atoms with Gasteiger partial charge in [-0.3, -0.25) is 10.2 Å². The van der Waals surface area contributed by atoms with Gasteiger partial charge in [-0.25, -0.2) is 8.42 Å². The van der Waals surface area contributed by atoms with Crippen LogP contribution in [0, 0.1) is 0 Å². The van der Waals surface area contributed by atoms with Crippen LogP contribution in [0.2, 0.25) is 0 Å². The third kappa shape index (κ3) is 3.18. The summed E-state index contributed by atoms with van der Waals surface area (Å²) < 4.78 is 40.5. The fourth-order valence-corrected chi connectivity index (χ4v) is 11.9. The van der Waals surface area contributed by atoms with Crippen molar-refractivity contribution in [3.05, 3.63) is 60.7 Å². The molecule has 132 valence electrons. The summed E-state index contributed by atoms with van der Waals surface area (Å²) in [6, 6.07) is 17.6. The van der Waals surface area contributed by atoms with Gasteiger partial charge in [-0.1, -0.05) is 40.2 Å². The molecule has 1 saturated heterocycles. The lowest BCUT2D eigenvalue weighted by Gasteiger charge is -2.30. The van der Waals surface area contributed by atoms with Crippen LogP contribution >= 0.6 is 7.51 Å². The summed E-state index contributed by atoms with van der Waals surface area (Å²) in [7, 11) is -9.21. The highest BCUT2D eigenvalue weighted by atomic mass is 32.3. The van der Waals surface area contributed by atoms with Crippen molar-refractivity contribution >= 4 is 27.3 Å². The number of nitrogens with zero attached hydrogens (tertiary/aromatic N) is 3. The Morgan fingerprint density at radius 2 is 1.32 bits per heavy atom. The Bertz CT molecular complexity index is 1020. The Morgan fingerprint density at radius 3 is 1.88 bits per heavy atom. The van der Waals surface area contributed by atoms with E-state index in [1.807, 2.05) is 12.1 Å². The molecular weight excluding hydrogens is 377 g/mol. The summed E-state index contributed by atoms with van der Waals surface area (Å²) in [6.45, 7) is 1.37. The first-order valence-electron chi connectivity index (χ1n) is 7.85. The second-order valence-corrected chi connectivity index (χ2v) is 12.3. The third-order valence-electron chi connectivity index (χ3n) is 3.78. The monoisotopic (exact) mass is 395 g/mol. The molecule has 7 nitrogen and oxygen atoms in total. The van der Waals surface area contributed by atoms with E-state index in [0.717, 1.165) is 6.42 Å². The molecule has 0 unspecified atom stereocenters. The zero-order chi connectivity index (χ0) is 17.4. The topological polar surface area (TPSA) is 95.3 Å². The number of rotatable bonds is 2. The first-order chi connectivity index (χ1) is 12.0. The summed E-state index contributed by atoms with van der Waals surface area (Å²) in [5, 5.41) is 6.47. The molecule has 0 amide bonds. The lowest BCUT2D eigenvalue weighted by atomic mass is 10.4. The van der Waals surface area contributed by atoms with E-state index in [-0.39, 0.29) is 0 Å². The van der Waals surface area contributed by atoms with Crippen molar-refractivity contribution in [2.45, 2.75) is 16.2 Å². The minimum atomic E-state index is -3.23. The SMILES string of the molecule is O=[S@@]1(c2ccccc2)=NP2(=N[S@@](=O)(c3ccccc3)=N1)NCCCN2. The highest BCUT2D eigenvalue weighted by Gasteiger charge is 2.33. The molecule has 0 radical (unpaired) electrons. The number of hydrogen-bond acceptors (Lipinski definition) is 5. The van der Waals surface area contributed by atoms with Crippen LogP contribution in [0.3, 0.4) is 0 Å². The highest BCUT2D eigenvalue weighted by Crippen LogP contribution is 2.51. The molecule has 2 atom stereocenters. The molecule has 25 heavy (non-hydrogen) atoms. The van der Waals surface area contributed by atoms with Gasteiger partial charge in [-0.2, -0.15) is 0 Å². The van der Waals surface area contributed by atoms with Crippen LogP contribution < -0.4 is 10.2 Å². The fraction of sp³-hybridized carbons (Fsp3) is 0.200. The van der Waals surface area contributed by atoms with Crippen LogP contribution in [0.1, 0.15) is 6.42 Å². The predicted molar refractivity (Wildman–Crippen MR) is 101 cm³/mol. The maximum atomic E-state index is 13.6. The Hall–Kier alpha value is -1.51. The van der Waals surface area contributed by atoms with Crippen molar-refractivity contribution in [3.63, 3.8) is 0 Å². The van der Waals surface area contributed by atoms with Gasteiger partial charge in [-0.05, 0) is 30.7 Å². The molecular formula is C15H18N5O2PS2. The Labute approximate surface area is 148 Å². The second kappa shape index (κ2) is 6.34. The molecule has 0 bridgehead atoms. The van der Waals surface area contributed by atoms with E-state index in [4.69, 9.17) is 0 Å². The van der Waals surface area contributed by atoms with Gasteiger partial charge in [0.1, 0.15) is 0 Å². The molecule has 0 aromatic heterocycles. The van der Waals surface area contributed by atoms with Gasteiger partial charge in [0.25, 0.3) is 0 Å². The Morgan fingerprint density at radius 1 is 0.800 bits per heavy atom. The first kappa shape index (κ1) is 16.9. The minimum absolute atomic E-state index is 0.446. The van der Waals surface area contributed by atoms with Gasteiger partial charge in [-0.15, -0.1) is 8.28 Å². The van der Waals surface area contributed by atoms with Gasteiger partial charge >= 0.3 is 0 Å². The van der Waals surface area contributed by atoms with E-state index in [9.17, 15) is 8.42 Å². The van der Waals surface area contributed by atoms with Crippen molar-refractivity contribution in [2.24, 2.45) is 12.1 Å². The van der Waals surface area contributed by atoms with Gasteiger partial charge in [0.2, 0.25) is 7.51 Å². The van der Waals surface area contributed by atoms with E-state index in [1.165, 1.54) is 0 Å². The summed E-state index contributed by atoms with van der Waals surface area (Å²) in [5.74, 6) is 0.